The second-order valence-electron chi connectivity index (χ2n) is 4.26. The Labute approximate surface area is 106 Å². The normalized spacial score (nSPS) is 15.1. The van der Waals surface area contributed by atoms with E-state index in [-0.39, 0.29) is 12.5 Å². The molecule has 17 heavy (non-hydrogen) atoms. The van der Waals surface area contributed by atoms with Crippen molar-refractivity contribution in [3.8, 4) is 5.75 Å². The molecule has 92 valence electrons. The molecular weight excluding hydrogens is 238 g/mol. The summed E-state index contributed by atoms with van der Waals surface area (Å²) in [6.45, 7) is 3.69. The molecule has 0 atom stereocenters. The number of hydrogen-bond donors (Lipinski definition) is 0. The van der Waals surface area contributed by atoms with E-state index in [0.29, 0.717) is 10.8 Å². The monoisotopic (exact) mass is 253 g/mol. The molecule has 4 heteroatoms. The lowest BCUT2D eigenvalue weighted by Gasteiger charge is -2.16. The van der Waals surface area contributed by atoms with Crippen LogP contribution in [0.4, 0.5) is 0 Å². The van der Waals surface area contributed by atoms with Gasteiger partial charge in [-0.2, -0.15) is 0 Å². The summed E-state index contributed by atoms with van der Waals surface area (Å²) in [6, 6.07) is 5.55. The largest absolute Gasteiger partial charge is 0.482 e. The number of amides is 1. The van der Waals surface area contributed by atoms with Crippen molar-refractivity contribution in [1.82, 2.24) is 4.90 Å². The molecule has 0 bridgehead atoms. The summed E-state index contributed by atoms with van der Waals surface area (Å²) in [5.41, 5.74) is 0.951. The fraction of sp³-hybridized carbons (Fsp3) is 0.462. The number of aryl methyl sites for hydroxylation is 1. The van der Waals surface area contributed by atoms with Gasteiger partial charge in [-0.25, -0.2) is 0 Å². The van der Waals surface area contributed by atoms with Crippen LogP contribution < -0.4 is 4.74 Å². The molecule has 1 aliphatic heterocycles. The number of benzene rings is 1. The Morgan fingerprint density at radius 2 is 2.12 bits per heavy atom. The molecule has 3 nitrogen and oxygen atoms in total. The average Bonchev–Trinajstić information content (AvgIpc) is 2.81. The Balaban J connectivity index is 1.95. The standard InChI is InChI=1S/C13H16ClNO2/c1-10-5-4-6-11(14)13(10)17-9-12(16)15-7-2-3-8-15/h4-6H,2-3,7-9H2,1H3. The quantitative estimate of drug-likeness (QED) is 0.829. The van der Waals surface area contributed by atoms with Crippen LogP contribution in [0.2, 0.25) is 5.02 Å². The van der Waals surface area contributed by atoms with Crippen molar-refractivity contribution >= 4 is 17.5 Å². The predicted molar refractivity (Wildman–Crippen MR) is 67.5 cm³/mol. The van der Waals surface area contributed by atoms with Crippen LogP contribution in [0.5, 0.6) is 5.75 Å². The van der Waals surface area contributed by atoms with Crippen LogP contribution in [0.3, 0.4) is 0 Å². The van der Waals surface area contributed by atoms with Gasteiger partial charge in [0.2, 0.25) is 0 Å². The maximum absolute atomic E-state index is 11.8. The molecular formula is C13H16ClNO2. The van der Waals surface area contributed by atoms with Gasteiger partial charge >= 0.3 is 0 Å². The first kappa shape index (κ1) is 12.2. The number of nitrogens with zero attached hydrogens (tertiary/aromatic N) is 1. The zero-order valence-corrected chi connectivity index (χ0v) is 10.7. The molecule has 1 aromatic rings. The zero-order valence-electron chi connectivity index (χ0n) is 9.91. The Kier molecular flexibility index (Phi) is 3.89. The molecule has 1 saturated heterocycles. The van der Waals surface area contributed by atoms with E-state index in [9.17, 15) is 4.79 Å². The van der Waals surface area contributed by atoms with Gasteiger partial charge in [0.1, 0.15) is 5.75 Å². The second kappa shape index (κ2) is 5.41. The van der Waals surface area contributed by atoms with Gasteiger partial charge in [-0.15, -0.1) is 0 Å². The molecule has 0 spiro atoms. The first-order valence-corrected chi connectivity index (χ1v) is 6.22. The molecule has 1 amide bonds. The first-order valence-electron chi connectivity index (χ1n) is 5.84. The van der Waals surface area contributed by atoms with Crippen LogP contribution in [0.25, 0.3) is 0 Å². The SMILES string of the molecule is Cc1cccc(Cl)c1OCC(=O)N1CCCC1. The Hall–Kier alpha value is -1.22. The smallest absolute Gasteiger partial charge is 0.260 e. The van der Waals surface area contributed by atoms with Crippen molar-refractivity contribution < 1.29 is 9.53 Å². The molecule has 0 saturated carbocycles. The average molecular weight is 254 g/mol. The second-order valence-corrected chi connectivity index (χ2v) is 4.67. The Bertz CT molecular complexity index is 394. The number of para-hydroxylation sites is 1. The van der Waals surface area contributed by atoms with Gasteiger partial charge < -0.3 is 9.64 Å². The molecule has 1 heterocycles. The van der Waals surface area contributed by atoms with Crippen LogP contribution in [0.1, 0.15) is 18.4 Å². The number of rotatable bonds is 3. The summed E-state index contributed by atoms with van der Waals surface area (Å²) in [7, 11) is 0. The third-order valence-corrected chi connectivity index (χ3v) is 3.26. The van der Waals surface area contributed by atoms with Gasteiger partial charge in [0, 0.05) is 13.1 Å². The lowest BCUT2D eigenvalue weighted by atomic mass is 10.2. The van der Waals surface area contributed by atoms with Crippen molar-refractivity contribution in [1.29, 1.82) is 0 Å². The molecule has 0 aliphatic carbocycles. The fourth-order valence-corrected chi connectivity index (χ4v) is 2.27. The molecule has 0 aromatic heterocycles. The van der Waals surface area contributed by atoms with Crippen LogP contribution in [-0.4, -0.2) is 30.5 Å². The summed E-state index contributed by atoms with van der Waals surface area (Å²) in [6.07, 6.45) is 2.19. The third-order valence-electron chi connectivity index (χ3n) is 2.96. The van der Waals surface area contributed by atoms with Crippen molar-refractivity contribution in [2.24, 2.45) is 0 Å². The molecule has 1 aliphatic rings. The lowest BCUT2D eigenvalue weighted by Crippen LogP contribution is -2.32. The number of likely N-dealkylation sites (tertiary alicyclic amines) is 1. The van der Waals surface area contributed by atoms with Gasteiger partial charge in [-0.3, -0.25) is 4.79 Å². The summed E-state index contributed by atoms with van der Waals surface area (Å²) in [5.74, 6) is 0.656. The van der Waals surface area contributed by atoms with E-state index in [4.69, 9.17) is 16.3 Å². The highest BCUT2D eigenvalue weighted by atomic mass is 35.5. The van der Waals surface area contributed by atoms with Gasteiger partial charge in [0.25, 0.3) is 5.91 Å². The molecule has 1 aromatic carbocycles. The van der Waals surface area contributed by atoms with Gasteiger partial charge in [-0.1, -0.05) is 23.7 Å². The van der Waals surface area contributed by atoms with Crippen LogP contribution in [-0.2, 0) is 4.79 Å². The van der Waals surface area contributed by atoms with E-state index in [2.05, 4.69) is 0 Å². The maximum atomic E-state index is 11.8. The predicted octanol–water partition coefficient (Wildman–Crippen LogP) is 2.65. The highest BCUT2D eigenvalue weighted by molar-refractivity contribution is 6.32. The van der Waals surface area contributed by atoms with E-state index in [1.54, 1.807) is 6.07 Å². The molecule has 1 fully saturated rings. The van der Waals surface area contributed by atoms with E-state index >= 15 is 0 Å². The summed E-state index contributed by atoms with van der Waals surface area (Å²) < 4.78 is 5.52. The van der Waals surface area contributed by atoms with E-state index in [1.807, 2.05) is 24.0 Å². The Morgan fingerprint density at radius 1 is 1.41 bits per heavy atom. The minimum Gasteiger partial charge on any atom is -0.482 e. The van der Waals surface area contributed by atoms with Crippen LogP contribution in [0, 0.1) is 6.92 Å². The van der Waals surface area contributed by atoms with Gasteiger partial charge in [-0.05, 0) is 31.4 Å². The van der Waals surface area contributed by atoms with E-state index in [0.717, 1.165) is 31.5 Å². The maximum Gasteiger partial charge on any atom is 0.260 e. The summed E-state index contributed by atoms with van der Waals surface area (Å²) in [5, 5.41) is 0.555. The first-order chi connectivity index (χ1) is 8.18. The summed E-state index contributed by atoms with van der Waals surface area (Å²) in [4.78, 5) is 13.6. The fourth-order valence-electron chi connectivity index (χ4n) is 1.99. The number of carbonyl (C=O) groups is 1. The topological polar surface area (TPSA) is 29.5 Å². The Morgan fingerprint density at radius 3 is 2.76 bits per heavy atom. The minimum absolute atomic E-state index is 0.0434. The molecule has 0 radical (unpaired) electrons. The van der Waals surface area contributed by atoms with Gasteiger partial charge in [0.15, 0.2) is 6.61 Å². The van der Waals surface area contributed by atoms with E-state index in [1.165, 1.54) is 0 Å². The molecule has 0 unspecified atom stereocenters. The highest BCUT2D eigenvalue weighted by Crippen LogP contribution is 2.27. The number of ether oxygens (including phenoxy) is 1. The molecule has 0 N–H and O–H groups in total. The third kappa shape index (κ3) is 2.91. The van der Waals surface area contributed by atoms with E-state index < -0.39 is 0 Å². The van der Waals surface area contributed by atoms with Crippen molar-refractivity contribution in [2.45, 2.75) is 19.8 Å². The van der Waals surface area contributed by atoms with Crippen molar-refractivity contribution in [3.05, 3.63) is 28.8 Å². The number of carbonyl (C=O) groups excluding carboxylic acids is 1. The van der Waals surface area contributed by atoms with Crippen LogP contribution >= 0.6 is 11.6 Å². The van der Waals surface area contributed by atoms with Crippen LogP contribution in [0.15, 0.2) is 18.2 Å². The highest BCUT2D eigenvalue weighted by Gasteiger charge is 2.18. The lowest BCUT2D eigenvalue weighted by molar-refractivity contribution is -0.132. The van der Waals surface area contributed by atoms with Gasteiger partial charge in [0.05, 0.1) is 5.02 Å². The summed E-state index contributed by atoms with van der Waals surface area (Å²) >= 11 is 6.02. The minimum atomic E-state index is 0.0434. The number of halogens is 1. The molecule has 2 rings (SSSR count). The van der Waals surface area contributed by atoms with Crippen molar-refractivity contribution in [3.63, 3.8) is 0 Å². The van der Waals surface area contributed by atoms with Crippen molar-refractivity contribution in [2.75, 3.05) is 19.7 Å². The zero-order chi connectivity index (χ0) is 12.3. The number of hydrogen-bond acceptors (Lipinski definition) is 2.